The van der Waals surface area contributed by atoms with Gasteiger partial charge in [0.25, 0.3) is 0 Å². The average molecular weight is 453 g/mol. The molecule has 0 heterocycles. The van der Waals surface area contributed by atoms with Crippen LogP contribution >= 0.6 is 24.0 Å². The number of nitrogens with zero attached hydrogens (tertiary/aromatic N) is 1. The lowest BCUT2D eigenvalue weighted by Crippen LogP contribution is -2.40. The lowest BCUT2D eigenvalue weighted by molar-refractivity contribution is 0.321. The number of hydrogen-bond acceptors (Lipinski definition) is 4. The predicted octanol–water partition coefficient (Wildman–Crippen LogP) is 1.66. The summed E-state index contributed by atoms with van der Waals surface area (Å²) in [4.78, 5) is 4.44. The van der Waals surface area contributed by atoms with Gasteiger partial charge in [0.15, 0.2) is 15.8 Å². The van der Waals surface area contributed by atoms with Gasteiger partial charge in [0, 0.05) is 19.8 Å². The molecular formula is C15H24IN3O3S. The number of sulfone groups is 1. The molecule has 2 N–H and O–H groups in total. The number of rotatable bonds is 7. The van der Waals surface area contributed by atoms with E-state index in [1.54, 1.807) is 31.3 Å². The molecule has 1 aliphatic carbocycles. The van der Waals surface area contributed by atoms with Crippen LogP contribution in [0.3, 0.4) is 0 Å². The van der Waals surface area contributed by atoms with Gasteiger partial charge in [-0.3, -0.25) is 4.99 Å². The molecule has 0 radical (unpaired) electrons. The summed E-state index contributed by atoms with van der Waals surface area (Å²) in [6, 6.07) is 6.43. The van der Waals surface area contributed by atoms with Crippen molar-refractivity contribution in [3.63, 3.8) is 0 Å². The molecule has 23 heavy (non-hydrogen) atoms. The van der Waals surface area contributed by atoms with Crippen LogP contribution in [-0.2, 0) is 9.84 Å². The van der Waals surface area contributed by atoms with Gasteiger partial charge < -0.3 is 15.4 Å². The maximum Gasteiger partial charge on any atom is 0.191 e. The van der Waals surface area contributed by atoms with Crippen LogP contribution in [-0.4, -0.2) is 47.4 Å². The smallest absolute Gasteiger partial charge is 0.191 e. The fourth-order valence-corrected chi connectivity index (χ4v) is 2.54. The number of guanidine groups is 1. The first-order valence-electron chi connectivity index (χ1n) is 7.36. The molecule has 1 aliphatic rings. The molecule has 0 aromatic heterocycles. The Bertz CT molecular complexity index is 613. The van der Waals surface area contributed by atoms with Crippen LogP contribution in [0.4, 0.5) is 0 Å². The van der Waals surface area contributed by atoms with Crippen molar-refractivity contribution in [1.29, 1.82) is 0 Å². The summed E-state index contributed by atoms with van der Waals surface area (Å²) < 4.78 is 28.3. The zero-order valence-electron chi connectivity index (χ0n) is 13.4. The monoisotopic (exact) mass is 453 g/mol. The lowest BCUT2D eigenvalue weighted by Gasteiger charge is -2.12. The highest BCUT2D eigenvalue weighted by Crippen LogP contribution is 2.27. The zero-order valence-corrected chi connectivity index (χ0v) is 16.6. The van der Waals surface area contributed by atoms with Crippen LogP contribution in [0.1, 0.15) is 12.8 Å². The van der Waals surface area contributed by atoms with Crippen LogP contribution in [0.25, 0.3) is 0 Å². The van der Waals surface area contributed by atoms with Gasteiger partial charge in [-0.1, -0.05) is 0 Å². The Labute approximate surface area is 155 Å². The van der Waals surface area contributed by atoms with Crippen molar-refractivity contribution in [3.8, 4) is 5.75 Å². The van der Waals surface area contributed by atoms with Crippen molar-refractivity contribution >= 4 is 39.8 Å². The Hall–Kier alpha value is -1.03. The van der Waals surface area contributed by atoms with Crippen LogP contribution in [0.2, 0.25) is 0 Å². The van der Waals surface area contributed by atoms with E-state index >= 15 is 0 Å². The predicted molar refractivity (Wildman–Crippen MR) is 103 cm³/mol. The van der Waals surface area contributed by atoms with Crippen molar-refractivity contribution in [2.45, 2.75) is 17.7 Å². The van der Waals surface area contributed by atoms with Crippen molar-refractivity contribution < 1.29 is 13.2 Å². The Morgan fingerprint density at radius 2 is 1.91 bits per heavy atom. The Morgan fingerprint density at radius 3 is 2.43 bits per heavy atom. The molecule has 0 amide bonds. The fourth-order valence-electron chi connectivity index (χ4n) is 1.90. The molecule has 1 fully saturated rings. The van der Waals surface area contributed by atoms with E-state index in [1.165, 1.54) is 19.1 Å². The third-order valence-electron chi connectivity index (χ3n) is 3.39. The largest absolute Gasteiger partial charge is 0.492 e. The number of nitrogens with one attached hydrogen (secondary N) is 2. The first-order chi connectivity index (χ1) is 10.5. The van der Waals surface area contributed by atoms with Crippen LogP contribution in [0.15, 0.2) is 34.2 Å². The summed E-state index contributed by atoms with van der Waals surface area (Å²) in [5.74, 6) is 2.22. The second kappa shape index (κ2) is 9.31. The lowest BCUT2D eigenvalue weighted by atomic mass is 10.3. The summed E-state index contributed by atoms with van der Waals surface area (Å²) in [6.45, 7) is 2.06. The fraction of sp³-hybridized carbons (Fsp3) is 0.533. The number of ether oxygens (including phenoxy) is 1. The normalized spacial score (nSPS) is 14.8. The minimum atomic E-state index is -3.16. The van der Waals surface area contributed by atoms with Gasteiger partial charge in [0.1, 0.15) is 12.4 Å². The Kier molecular flexibility index (Phi) is 8.10. The molecule has 1 saturated carbocycles. The van der Waals surface area contributed by atoms with E-state index in [4.69, 9.17) is 4.74 Å². The molecule has 0 spiro atoms. The van der Waals surface area contributed by atoms with Gasteiger partial charge in [-0.15, -0.1) is 24.0 Å². The van der Waals surface area contributed by atoms with E-state index in [0.717, 1.165) is 18.4 Å². The topological polar surface area (TPSA) is 79.8 Å². The molecule has 1 aromatic carbocycles. The molecule has 0 bridgehead atoms. The average Bonchev–Trinajstić information content (AvgIpc) is 3.30. The number of halogens is 1. The standard InChI is InChI=1S/C15H23N3O3S.HI/c1-16-15(18-11-12-3-4-12)17-9-10-21-13-5-7-14(8-6-13)22(2,19)20;/h5-8,12H,3-4,9-11H2,1-2H3,(H2,16,17,18);1H. The third-order valence-corrected chi connectivity index (χ3v) is 4.52. The number of hydrogen-bond donors (Lipinski definition) is 2. The SMILES string of the molecule is CN=C(NCCOc1ccc(S(C)(=O)=O)cc1)NCC1CC1.I. The first-order valence-corrected chi connectivity index (χ1v) is 9.25. The zero-order chi connectivity index (χ0) is 16.0. The van der Waals surface area contributed by atoms with E-state index in [-0.39, 0.29) is 24.0 Å². The molecule has 2 rings (SSSR count). The van der Waals surface area contributed by atoms with Crippen LogP contribution in [0, 0.1) is 5.92 Å². The summed E-state index contributed by atoms with van der Waals surface area (Å²) in [6.07, 6.45) is 3.79. The molecule has 130 valence electrons. The Balaban J connectivity index is 0.00000264. The second-order valence-electron chi connectivity index (χ2n) is 5.42. The van der Waals surface area contributed by atoms with Crippen LogP contribution in [0.5, 0.6) is 5.75 Å². The van der Waals surface area contributed by atoms with Crippen molar-refractivity contribution in [2.24, 2.45) is 10.9 Å². The second-order valence-corrected chi connectivity index (χ2v) is 7.43. The molecule has 0 saturated heterocycles. The summed E-state index contributed by atoms with van der Waals surface area (Å²) in [7, 11) is -1.42. The third kappa shape index (κ3) is 7.38. The van der Waals surface area contributed by atoms with Gasteiger partial charge in [-0.25, -0.2) is 8.42 Å². The van der Waals surface area contributed by atoms with Gasteiger partial charge in [-0.05, 0) is 43.0 Å². The first kappa shape index (κ1) is 20.0. The van der Waals surface area contributed by atoms with Crippen molar-refractivity contribution in [2.75, 3.05) is 33.0 Å². The van der Waals surface area contributed by atoms with Crippen molar-refractivity contribution in [1.82, 2.24) is 10.6 Å². The molecular weight excluding hydrogens is 429 g/mol. The quantitative estimate of drug-likeness (QED) is 0.284. The van der Waals surface area contributed by atoms with Crippen LogP contribution < -0.4 is 15.4 Å². The molecule has 1 aromatic rings. The van der Waals surface area contributed by atoms with Gasteiger partial charge in [0.05, 0.1) is 11.4 Å². The van der Waals surface area contributed by atoms with Gasteiger partial charge in [0.2, 0.25) is 0 Å². The van der Waals surface area contributed by atoms with E-state index in [0.29, 0.717) is 23.8 Å². The van der Waals surface area contributed by atoms with E-state index in [1.807, 2.05) is 0 Å². The molecule has 8 heteroatoms. The molecule has 0 atom stereocenters. The summed E-state index contributed by atoms with van der Waals surface area (Å²) in [5.41, 5.74) is 0. The summed E-state index contributed by atoms with van der Waals surface area (Å²) >= 11 is 0. The van der Waals surface area contributed by atoms with E-state index in [9.17, 15) is 8.42 Å². The maximum atomic E-state index is 11.4. The van der Waals surface area contributed by atoms with E-state index < -0.39 is 9.84 Å². The van der Waals surface area contributed by atoms with E-state index in [2.05, 4.69) is 15.6 Å². The highest BCUT2D eigenvalue weighted by Gasteiger charge is 2.20. The molecule has 6 nitrogen and oxygen atoms in total. The maximum absolute atomic E-state index is 11.4. The molecule has 0 unspecified atom stereocenters. The minimum absolute atomic E-state index is 0. The summed E-state index contributed by atoms with van der Waals surface area (Å²) in [5, 5.41) is 6.45. The minimum Gasteiger partial charge on any atom is -0.492 e. The van der Waals surface area contributed by atoms with Gasteiger partial charge >= 0.3 is 0 Å². The highest BCUT2D eigenvalue weighted by molar-refractivity contribution is 14.0. The Morgan fingerprint density at radius 1 is 1.26 bits per heavy atom. The number of benzene rings is 1. The van der Waals surface area contributed by atoms with Gasteiger partial charge in [-0.2, -0.15) is 0 Å². The van der Waals surface area contributed by atoms with Crippen molar-refractivity contribution in [3.05, 3.63) is 24.3 Å². The molecule has 0 aliphatic heterocycles. The number of aliphatic imine (C=N–C) groups is 1. The highest BCUT2D eigenvalue weighted by atomic mass is 127.